The predicted molar refractivity (Wildman–Crippen MR) is 76.4 cm³/mol. The van der Waals surface area contributed by atoms with Crippen LogP contribution >= 0.6 is 11.3 Å². The van der Waals surface area contributed by atoms with E-state index in [1.54, 1.807) is 18.4 Å². The third-order valence-corrected chi connectivity index (χ3v) is 3.86. The number of rotatable bonds is 6. The number of methoxy groups -OCH3 is 1. The maximum absolute atomic E-state index is 9.62. The second kappa shape index (κ2) is 6.65. The van der Waals surface area contributed by atoms with E-state index >= 15 is 0 Å². The summed E-state index contributed by atoms with van der Waals surface area (Å²) in [6, 6.07) is 7.79. The van der Waals surface area contributed by atoms with Crippen molar-refractivity contribution in [2.75, 3.05) is 20.8 Å². The van der Waals surface area contributed by atoms with Crippen molar-refractivity contribution in [2.45, 2.75) is 12.6 Å². The van der Waals surface area contributed by atoms with Gasteiger partial charge in [0.05, 0.1) is 25.3 Å². The van der Waals surface area contributed by atoms with Crippen molar-refractivity contribution in [3.8, 4) is 5.75 Å². The Kier molecular flexibility index (Phi) is 4.90. The molecule has 0 saturated carbocycles. The third kappa shape index (κ3) is 3.53. The minimum atomic E-state index is -0.0204. The fraction of sp³-hybridized carbons (Fsp3) is 0.357. The Bertz CT molecular complexity index is 485. The van der Waals surface area contributed by atoms with Crippen LogP contribution in [-0.4, -0.2) is 35.8 Å². The molecule has 0 radical (unpaired) electrons. The minimum absolute atomic E-state index is 0.0204. The summed E-state index contributed by atoms with van der Waals surface area (Å²) < 4.78 is 5.15. The lowest BCUT2D eigenvalue weighted by atomic mass is 10.1. The molecule has 0 aliphatic carbocycles. The SMILES string of the molecule is COc1ccc(C(CO)N(C)Cc2cncs2)cc1. The van der Waals surface area contributed by atoms with E-state index in [-0.39, 0.29) is 12.6 Å². The quantitative estimate of drug-likeness (QED) is 0.881. The highest BCUT2D eigenvalue weighted by Crippen LogP contribution is 2.23. The van der Waals surface area contributed by atoms with Gasteiger partial charge in [0.2, 0.25) is 0 Å². The summed E-state index contributed by atoms with van der Waals surface area (Å²) in [7, 11) is 3.65. The lowest BCUT2D eigenvalue weighted by Crippen LogP contribution is -2.26. The molecule has 1 aromatic carbocycles. The Labute approximate surface area is 117 Å². The topological polar surface area (TPSA) is 45.6 Å². The smallest absolute Gasteiger partial charge is 0.118 e. The van der Waals surface area contributed by atoms with E-state index in [0.717, 1.165) is 17.9 Å². The zero-order valence-electron chi connectivity index (χ0n) is 11.1. The van der Waals surface area contributed by atoms with Crippen LogP contribution in [0.1, 0.15) is 16.5 Å². The maximum atomic E-state index is 9.62. The van der Waals surface area contributed by atoms with Crippen molar-refractivity contribution in [1.82, 2.24) is 9.88 Å². The summed E-state index contributed by atoms with van der Waals surface area (Å²) in [5.41, 5.74) is 2.90. The third-order valence-electron chi connectivity index (χ3n) is 3.09. The summed E-state index contributed by atoms with van der Waals surface area (Å²) in [6.07, 6.45) is 1.86. The van der Waals surface area contributed by atoms with E-state index in [9.17, 15) is 5.11 Å². The molecule has 5 heteroatoms. The summed E-state index contributed by atoms with van der Waals surface area (Å²) in [4.78, 5) is 7.38. The summed E-state index contributed by atoms with van der Waals surface area (Å²) in [6.45, 7) is 0.865. The van der Waals surface area contributed by atoms with Gasteiger partial charge in [-0.3, -0.25) is 9.88 Å². The van der Waals surface area contributed by atoms with E-state index in [4.69, 9.17) is 4.74 Å². The van der Waals surface area contributed by atoms with Gasteiger partial charge < -0.3 is 9.84 Å². The van der Waals surface area contributed by atoms with Crippen molar-refractivity contribution in [3.63, 3.8) is 0 Å². The molecule has 0 bridgehead atoms. The molecule has 0 aliphatic heterocycles. The van der Waals surface area contributed by atoms with Crippen LogP contribution in [0.2, 0.25) is 0 Å². The molecular formula is C14H18N2O2S. The van der Waals surface area contributed by atoms with Gasteiger partial charge in [-0.05, 0) is 24.7 Å². The van der Waals surface area contributed by atoms with Crippen LogP contribution in [0.3, 0.4) is 0 Å². The molecule has 1 atom stereocenters. The molecule has 4 nitrogen and oxygen atoms in total. The molecule has 0 spiro atoms. The number of likely N-dealkylation sites (N-methyl/N-ethyl adjacent to an activating group) is 1. The van der Waals surface area contributed by atoms with Crippen molar-refractivity contribution in [2.24, 2.45) is 0 Å². The molecule has 0 saturated heterocycles. The summed E-state index contributed by atoms with van der Waals surface area (Å²) in [5.74, 6) is 0.825. The van der Waals surface area contributed by atoms with E-state index in [0.29, 0.717) is 0 Å². The number of aliphatic hydroxyl groups is 1. The van der Waals surface area contributed by atoms with Gasteiger partial charge >= 0.3 is 0 Å². The van der Waals surface area contributed by atoms with Crippen LogP contribution in [0.15, 0.2) is 36.0 Å². The number of aliphatic hydroxyl groups excluding tert-OH is 1. The number of hydrogen-bond donors (Lipinski definition) is 1. The molecule has 1 aromatic heterocycles. The van der Waals surface area contributed by atoms with Crippen LogP contribution in [-0.2, 0) is 6.54 Å². The highest BCUT2D eigenvalue weighted by Gasteiger charge is 2.16. The molecule has 102 valence electrons. The second-order valence-electron chi connectivity index (χ2n) is 4.35. The van der Waals surface area contributed by atoms with Gasteiger partial charge in [-0.1, -0.05) is 12.1 Å². The van der Waals surface area contributed by atoms with E-state index < -0.39 is 0 Å². The number of hydrogen-bond acceptors (Lipinski definition) is 5. The van der Waals surface area contributed by atoms with Crippen molar-refractivity contribution in [1.29, 1.82) is 0 Å². The maximum Gasteiger partial charge on any atom is 0.118 e. The van der Waals surface area contributed by atoms with Gasteiger partial charge in [0, 0.05) is 17.6 Å². The summed E-state index contributed by atoms with van der Waals surface area (Å²) in [5, 5.41) is 9.62. The first-order valence-corrected chi connectivity index (χ1v) is 6.95. The zero-order valence-corrected chi connectivity index (χ0v) is 11.9. The van der Waals surface area contributed by atoms with Gasteiger partial charge in [0.15, 0.2) is 0 Å². The van der Waals surface area contributed by atoms with Crippen molar-refractivity contribution >= 4 is 11.3 Å². The predicted octanol–water partition coefficient (Wildman–Crippen LogP) is 2.32. The Morgan fingerprint density at radius 1 is 1.37 bits per heavy atom. The fourth-order valence-corrected chi connectivity index (χ4v) is 2.66. The highest BCUT2D eigenvalue weighted by molar-refractivity contribution is 7.09. The standard InChI is InChI=1S/C14H18N2O2S/c1-16(8-13-7-15-10-19-13)14(9-17)11-3-5-12(18-2)6-4-11/h3-7,10,14,17H,8-9H2,1-2H3. The normalized spacial score (nSPS) is 12.6. The zero-order chi connectivity index (χ0) is 13.7. The molecule has 2 rings (SSSR count). The number of benzene rings is 1. The highest BCUT2D eigenvalue weighted by atomic mass is 32.1. The fourth-order valence-electron chi connectivity index (χ4n) is 2.00. The number of nitrogens with zero attached hydrogens (tertiary/aromatic N) is 2. The minimum Gasteiger partial charge on any atom is -0.497 e. The lowest BCUT2D eigenvalue weighted by Gasteiger charge is -2.26. The van der Waals surface area contributed by atoms with Gasteiger partial charge in [-0.2, -0.15) is 0 Å². The van der Waals surface area contributed by atoms with Gasteiger partial charge in [0.1, 0.15) is 5.75 Å². The summed E-state index contributed by atoms with van der Waals surface area (Å²) >= 11 is 1.63. The molecule has 0 fully saturated rings. The molecule has 0 amide bonds. The Morgan fingerprint density at radius 3 is 2.63 bits per heavy atom. The number of thiazole rings is 1. The molecule has 1 heterocycles. The van der Waals surface area contributed by atoms with Crippen LogP contribution in [0, 0.1) is 0 Å². The number of aromatic nitrogens is 1. The van der Waals surface area contributed by atoms with E-state index in [1.165, 1.54) is 4.88 Å². The first kappa shape index (κ1) is 14.0. The average Bonchev–Trinajstić information content (AvgIpc) is 2.93. The van der Waals surface area contributed by atoms with E-state index in [2.05, 4.69) is 9.88 Å². The van der Waals surface area contributed by atoms with Crippen LogP contribution in [0.5, 0.6) is 5.75 Å². The van der Waals surface area contributed by atoms with Crippen molar-refractivity contribution in [3.05, 3.63) is 46.4 Å². The average molecular weight is 278 g/mol. The Morgan fingerprint density at radius 2 is 2.11 bits per heavy atom. The molecular weight excluding hydrogens is 260 g/mol. The number of ether oxygens (including phenoxy) is 1. The van der Waals surface area contributed by atoms with E-state index in [1.807, 2.05) is 43.0 Å². The molecule has 0 aliphatic rings. The van der Waals surface area contributed by atoms with Gasteiger partial charge in [-0.25, -0.2) is 0 Å². The Balaban J connectivity index is 2.09. The first-order chi connectivity index (χ1) is 9.24. The van der Waals surface area contributed by atoms with Gasteiger partial charge in [-0.15, -0.1) is 11.3 Å². The molecule has 2 aromatic rings. The van der Waals surface area contributed by atoms with Crippen LogP contribution in [0.25, 0.3) is 0 Å². The molecule has 1 N–H and O–H groups in total. The largest absolute Gasteiger partial charge is 0.497 e. The lowest BCUT2D eigenvalue weighted by molar-refractivity contribution is 0.143. The van der Waals surface area contributed by atoms with Crippen LogP contribution in [0.4, 0.5) is 0 Å². The second-order valence-corrected chi connectivity index (χ2v) is 5.33. The first-order valence-electron chi connectivity index (χ1n) is 6.07. The van der Waals surface area contributed by atoms with Gasteiger partial charge in [0.25, 0.3) is 0 Å². The van der Waals surface area contributed by atoms with Crippen molar-refractivity contribution < 1.29 is 9.84 Å². The van der Waals surface area contributed by atoms with Crippen LogP contribution < -0.4 is 4.74 Å². The monoisotopic (exact) mass is 278 g/mol. The Hall–Kier alpha value is -1.43. The molecule has 19 heavy (non-hydrogen) atoms. The molecule has 1 unspecified atom stereocenters.